The topological polar surface area (TPSA) is 99.4 Å². The molecule has 206 valence electrons. The normalized spacial score (nSPS) is 19.7. The number of halogens is 4. The lowest BCUT2D eigenvalue weighted by atomic mass is 10.0. The van der Waals surface area contributed by atoms with Crippen molar-refractivity contribution in [3.05, 3.63) is 58.8 Å². The number of anilines is 1. The summed E-state index contributed by atoms with van der Waals surface area (Å²) < 4.78 is 67.5. The lowest BCUT2D eigenvalue weighted by molar-refractivity contribution is -0.137. The molecule has 0 unspecified atom stereocenters. The van der Waals surface area contributed by atoms with Crippen LogP contribution in [0.3, 0.4) is 0 Å². The maximum absolute atomic E-state index is 15.0. The molecule has 3 aromatic rings. The molecule has 3 heterocycles. The molecule has 2 atom stereocenters. The molecule has 0 spiro atoms. The van der Waals surface area contributed by atoms with Crippen molar-refractivity contribution in [1.29, 1.82) is 0 Å². The van der Waals surface area contributed by atoms with E-state index in [1.807, 2.05) is 17.8 Å². The third-order valence-corrected chi connectivity index (χ3v) is 6.53. The molecule has 2 aromatic heterocycles. The number of carbonyl (C=O) groups excluding carboxylic acids is 2. The summed E-state index contributed by atoms with van der Waals surface area (Å²) in [4.78, 5) is 35.2. The number of aldehydes is 1. The molecule has 0 radical (unpaired) electrons. The molecular formula is C26H25F4N5O4. The fraction of sp³-hybridized carbons (Fsp3) is 0.423. The maximum Gasteiger partial charge on any atom is 0.416 e. The highest BCUT2D eigenvalue weighted by atomic mass is 19.4. The minimum Gasteiger partial charge on any atom is -0.461 e. The number of benzene rings is 1. The van der Waals surface area contributed by atoms with E-state index in [0.29, 0.717) is 24.7 Å². The van der Waals surface area contributed by atoms with E-state index in [-0.39, 0.29) is 48.3 Å². The Morgan fingerprint density at radius 2 is 2.00 bits per heavy atom. The number of rotatable bonds is 7. The number of ether oxygens (including phenoxy) is 2. The lowest BCUT2D eigenvalue weighted by Gasteiger charge is -2.36. The summed E-state index contributed by atoms with van der Waals surface area (Å²) in [6.07, 6.45) is 0.529. The zero-order valence-electron chi connectivity index (χ0n) is 21.1. The molecule has 9 nitrogen and oxygen atoms in total. The smallest absolute Gasteiger partial charge is 0.416 e. The molecule has 5 rings (SSSR count). The van der Waals surface area contributed by atoms with Crippen molar-refractivity contribution >= 4 is 18.2 Å². The van der Waals surface area contributed by atoms with E-state index in [4.69, 9.17) is 9.47 Å². The van der Waals surface area contributed by atoms with Gasteiger partial charge in [0.2, 0.25) is 5.95 Å². The predicted molar refractivity (Wildman–Crippen MR) is 130 cm³/mol. The van der Waals surface area contributed by atoms with Gasteiger partial charge in [-0.05, 0) is 44.9 Å². The second kappa shape index (κ2) is 10.4. The van der Waals surface area contributed by atoms with Crippen LogP contribution in [0, 0.1) is 5.82 Å². The van der Waals surface area contributed by atoms with E-state index in [0.717, 1.165) is 24.5 Å². The summed E-state index contributed by atoms with van der Waals surface area (Å²) in [6.45, 7) is 3.92. The maximum atomic E-state index is 15.0. The molecule has 1 saturated carbocycles. The molecule has 2 fully saturated rings. The Kier molecular flexibility index (Phi) is 7.10. The third-order valence-electron chi connectivity index (χ3n) is 6.53. The number of esters is 1. The molecule has 1 aromatic carbocycles. The summed E-state index contributed by atoms with van der Waals surface area (Å²) >= 11 is 0. The van der Waals surface area contributed by atoms with Gasteiger partial charge in [-0.15, -0.1) is 0 Å². The van der Waals surface area contributed by atoms with Crippen molar-refractivity contribution in [3.8, 4) is 11.3 Å². The molecule has 1 saturated heterocycles. The second-order valence-corrected chi connectivity index (χ2v) is 9.49. The highest BCUT2D eigenvalue weighted by molar-refractivity contribution is 6.01. The Balaban J connectivity index is 1.58. The molecule has 1 aliphatic carbocycles. The van der Waals surface area contributed by atoms with Crippen molar-refractivity contribution < 1.29 is 36.6 Å². The van der Waals surface area contributed by atoms with Gasteiger partial charge in [-0.2, -0.15) is 18.3 Å². The van der Waals surface area contributed by atoms with E-state index in [2.05, 4.69) is 15.1 Å². The number of alkyl halides is 3. The Labute approximate surface area is 220 Å². The fourth-order valence-electron chi connectivity index (χ4n) is 4.51. The molecule has 2 aliphatic rings. The van der Waals surface area contributed by atoms with Crippen molar-refractivity contribution in [3.63, 3.8) is 0 Å². The lowest BCUT2D eigenvalue weighted by Crippen LogP contribution is -2.44. The first-order valence-corrected chi connectivity index (χ1v) is 12.4. The van der Waals surface area contributed by atoms with E-state index in [1.54, 1.807) is 18.0 Å². The van der Waals surface area contributed by atoms with Crippen molar-refractivity contribution in [1.82, 2.24) is 19.7 Å². The van der Waals surface area contributed by atoms with Crippen LogP contribution in [-0.2, 0) is 15.7 Å². The van der Waals surface area contributed by atoms with Crippen molar-refractivity contribution in [2.24, 2.45) is 0 Å². The van der Waals surface area contributed by atoms with Gasteiger partial charge in [-0.3, -0.25) is 9.48 Å². The van der Waals surface area contributed by atoms with Gasteiger partial charge in [0.25, 0.3) is 0 Å². The number of aromatic nitrogens is 4. The van der Waals surface area contributed by atoms with E-state index in [9.17, 15) is 22.8 Å². The SMILES string of the molecule is CCOC(=O)c1nc(N2C[C@@H](C)O[C@@H](c3cnn(C4CC4)c3)C2)nc(-c2ccc(C(F)(F)F)cc2F)c1C=O. The largest absolute Gasteiger partial charge is 0.461 e. The highest BCUT2D eigenvalue weighted by Gasteiger charge is 2.34. The predicted octanol–water partition coefficient (Wildman–Crippen LogP) is 4.79. The van der Waals surface area contributed by atoms with Gasteiger partial charge in [0, 0.05) is 23.9 Å². The second-order valence-electron chi connectivity index (χ2n) is 9.49. The van der Waals surface area contributed by atoms with Gasteiger partial charge in [0.15, 0.2) is 12.0 Å². The fourth-order valence-corrected chi connectivity index (χ4v) is 4.51. The number of hydrogen-bond acceptors (Lipinski definition) is 8. The average molecular weight is 548 g/mol. The van der Waals surface area contributed by atoms with Crippen molar-refractivity contribution in [2.75, 3.05) is 24.6 Å². The van der Waals surface area contributed by atoms with Crippen LogP contribution in [0.4, 0.5) is 23.5 Å². The molecule has 0 amide bonds. The average Bonchev–Trinajstić information content (AvgIpc) is 3.63. The van der Waals surface area contributed by atoms with Gasteiger partial charge >= 0.3 is 12.1 Å². The van der Waals surface area contributed by atoms with Gasteiger partial charge < -0.3 is 14.4 Å². The monoisotopic (exact) mass is 547 g/mol. The Bertz CT molecular complexity index is 1410. The van der Waals surface area contributed by atoms with E-state index < -0.39 is 35.3 Å². The number of carbonyl (C=O) groups is 2. The van der Waals surface area contributed by atoms with Crippen LogP contribution in [0.2, 0.25) is 0 Å². The quantitative estimate of drug-likeness (QED) is 0.237. The van der Waals surface area contributed by atoms with Crippen LogP contribution in [-0.4, -0.2) is 57.8 Å². The summed E-state index contributed by atoms with van der Waals surface area (Å²) in [5.41, 5.74) is -1.87. The Morgan fingerprint density at radius 3 is 2.64 bits per heavy atom. The number of morpholine rings is 1. The van der Waals surface area contributed by atoms with Gasteiger partial charge in [0.05, 0.1) is 48.3 Å². The minimum absolute atomic E-state index is 0.0207. The van der Waals surface area contributed by atoms with Crippen LogP contribution in [0.25, 0.3) is 11.3 Å². The van der Waals surface area contributed by atoms with Crippen LogP contribution in [0.15, 0.2) is 30.6 Å². The van der Waals surface area contributed by atoms with Crippen LogP contribution >= 0.6 is 0 Å². The van der Waals surface area contributed by atoms with E-state index >= 15 is 4.39 Å². The van der Waals surface area contributed by atoms with Crippen LogP contribution in [0.5, 0.6) is 0 Å². The first-order valence-electron chi connectivity index (χ1n) is 12.4. The number of nitrogens with zero attached hydrogens (tertiary/aromatic N) is 5. The Morgan fingerprint density at radius 1 is 1.23 bits per heavy atom. The van der Waals surface area contributed by atoms with Gasteiger partial charge in [-0.1, -0.05) is 0 Å². The highest BCUT2D eigenvalue weighted by Crippen LogP contribution is 2.37. The Hall–Kier alpha value is -3.87. The molecule has 0 N–H and O–H groups in total. The molecular weight excluding hydrogens is 522 g/mol. The number of hydrogen-bond donors (Lipinski definition) is 0. The summed E-state index contributed by atoms with van der Waals surface area (Å²) in [7, 11) is 0. The summed E-state index contributed by atoms with van der Waals surface area (Å²) in [5.74, 6) is -2.22. The summed E-state index contributed by atoms with van der Waals surface area (Å²) in [6, 6.07) is 2.26. The van der Waals surface area contributed by atoms with Crippen LogP contribution < -0.4 is 4.90 Å². The molecule has 1 aliphatic heterocycles. The first-order chi connectivity index (χ1) is 18.6. The zero-order chi connectivity index (χ0) is 27.9. The third kappa shape index (κ3) is 5.49. The standard InChI is InChI=1S/C26H25F4N5O4/c1-3-38-24(37)23-19(13-36)22(18-7-4-16(8-20(18)27)26(28,29)30)32-25(33-23)34-10-14(2)39-21(12-34)15-9-31-35(11-15)17-5-6-17/h4,7-9,11,13-14,17,21H,3,5-6,10,12H2,1-2H3/t14-,21-/m1/s1. The summed E-state index contributed by atoms with van der Waals surface area (Å²) in [5, 5.41) is 4.41. The minimum atomic E-state index is -4.77. The van der Waals surface area contributed by atoms with Crippen molar-refractivity contribution in [2.45, 2.75) is 51.1 Å². The van der Waals surface area contributed by atoms with Gasteiger partial charge in [0.1, 0.15) is 11.9 Å². The molecule has 13 heteroatoms. The zero-order valence-corrected chi connectivity index (χ0v) is 21.1. The molecule has 0 bridgehead atoms. The molecule has 39 heavy (non-hydrogen) atoms. The van der Waals surface area contributed by atoms with Crippen LogP contribution in [0.1, 0.15) is 70.8 Å². The van der Waals surface area contributed by atoms with Gasteiger partial charge in [-0.25, -0.2) is 19.2 Å². The van der Waals surface area contributed by atoms with E-state index in [1.165, 1.54) is 0 Å². The first kappa shape index (κ1) is 26.7.